The second-order valence-electron chi connectivity index (χ2n) is 9.11. The summed E-state index contributed by atoms with van der Waals surface area (Å²) in [6.45, 7) is 1.67. The van der Waals surface area contributed by atoms with Crippen LogP contribution in [-0.4, -0.2) is 43.8 Å². The summed E-state index contributed by atoms with van der Waals surface area (Å²) in [6, 6.07) is 11.6. The van der Waals surface area contributed by atoms with E-state index in [-0.39, 0.29) is 11.6 Å². The highest BCUT2D eigenvalue weighted by molar-refractivity contribution is 5.88. The van der Waals surface area contributed by atoms with Crippen LogP contribution in [0.3, 0.4) is 0 Å². The average Bonchev–Trinajstić information content (AvgIpc) is 2.88. The third-order valence-electron chi connectivity index (χ3n) is 7.04. The Morgan fingerprint density at radius 3 is 2.45 bits per heavy atom. The molecule has 1 aliphatic heterocycles. The van der Waals surface area contributed by atoms with E-state index in [9.17, 15) is 14.8 Å². The van der Waals surface area contributed by atoms with E-state index in [0.29, 0.717) is 27.8 Å². The molecule has 8 nitrogen and oxygen atoms in total. The lowest BCUT2D eigenvalue weighted by molar-refractivity contribution is -0.137. The van der Waals surface area contributed by atoms with Crippen molar-refractivity contribution in [2.24, 2.45) is 5.92 Å². The van der Waals surface area contributed by atoms with E-state index in [0.717, 1.165) is 44.5 Å². The van der Waals surface area contributed by atoms with Crippen LogP contribution in [0.1, 0.15) is 56.4 Å². The van der Waals surface area contributed by atoms with Crippen LogP contribution in [0.5, 0.6) is 0 Å². The Morgan fingerprint density at radius 1 is 1.00 bits per heavy atom. The summed E-state index contributed by atoms with van der Waals surface area (Å²) in [4.78, 5) is 34.9. The minimum Gasteiger partial charge on any atom is -0.422 e. The Kier molecular flexibility index (Phi) is 5.98. The zero-order valence-electron chi connectivity index (χ0n) is 18.6. The molecule has 1 saturated heterocycles. The maximum absolute atomic E-state index is 12.8. The smallest absolute Gasteiger partial charge is 0.384 e. The van der Waals surface area contributed by atoms with Crippen molar-refractivity contribution in [3.8, 4) is 0 Å². The third kappa shape index (κ3) is 4.42. The quantitative estimate of drug-likeness (QED) is 0.585. The van der Waals surface area contributed by atoms with Crippen molar-refractivity contribution in [3.63, 3.8) is 0 Å². The van der Waals surface area contributed by atoms with E-state index in [1.807, 2.05) is 12.1 Å². The number of rotatable bonds is 4. The molecule has 0 unspecified atom stereocenters. The van der Waals surface area contributed by atoms with Gasteiger partial charge in [-0.3, -0.25) is 4.79 Å². The Morgan fingerprint density at radius 2 is 1.73 bits per heavy atom. The molecule has 172 valence electrons. The predicted molar refractivity (Wildman–Crippen MR) is 126 cm³/mol. The molecule has 1 aromatic carbocycles. The number of anilines is 2. The first-order valence-corrected chi connectivity index (χ1v) is 11.8. The molecule has 5 rings (SSSR count). The van der Waals surface area contributed by atoms with Crippen molar-refractivity contribution in [2.45, 2.75) is 50.9 Å². The van der Waals surface area contributed by atoms with Crippen molar-refractivity contribution in [1.82, 2.24) is 19.6 Å². The lowest BCUT2D eigenvalue weighted by atomic mass is 9.86. The van der Waals surface area contributed by atoms with Crippen LogP contribution in [0.25, 0.3) is 11.0 Å². The van der Waals surface area contributed by atoms with E-state index >= 15 is 0 Å². The third-order valence-corrected chi connectivity index (χ3v) is 7.04. The van der Waals surface area contributed by atoms with Gasteiger partial charge in [0.25, 0.3) is 0 Å². The predicted octanol–water partition coefficient (Wildman–Crippen LogP) is 4.06. The molecule has 2 aliphatic rings. The first-order valence-electron chi connectivity index (χ1n) is 11.8. The Labute approximate surface area is 192 Å². The van der Waals surface area contributed by atoms with Crippen molar-refractivity contribution in [1.29, 1.82) is 0 Å². The lowest BCUT2D eigenvalue weighted by Gasteiger charge is -2.35. The summed E-state index contributed by atoms with van der Waals surface area (Å²) in [7, 11) is 0. The van der Waals surface area contributed by atoms with Crippen LogP contribution < -0.4 is 11.0 Å². The lowest BCUT2D eigenvalue weighted by Crippen LogP contribution is -2.41. The number of nitrogens with one attached hydrogen (secondary N) is 1. The first-order chi connectivity index (χ1) is 16.1. The number of fused-ring (bicyclic) bond motifs is 1. The van der Waals surface area contributed by atoms with Gasteiger partial charge in [0.1, 0.15) is 5.82 Å². The summed E-state index contributed by atoms with van der Waals surface area (Å²) in [5.41, 5.74) is 1.44. The van der Waals surface area contributed by atoms with E-state index in [4.69, 9.17) is 0 Å². The van der Waals surface area contributed by atoms with Crippen LogP contribution in [0.2, 0.25) is 0 Å². The van der Waals surface area contributed by atoms with Crippen molar-refractivity contribution in [3.05, 3.63) is 58.6 Å². The van der Waals surface area contributed by atoms with Crippen LogP contribution in [0, 0.1) is 5.92 Å². The molecule has 3 aromatic rings. The van der Waals surface area contributed by atoms with Gasteiger partial charge in [0.05, 0.1) is 5.39 Å². The van der Waals surface area contributed by atoms with Crippen LogP contribution >= 0.6 is 0 Å². The zero-order valence-corrected chi connectivity index (χ0v) is 18.6. The minimum atomic E-state index is -0.783. The zero-order chi connectivity index (χ0) is 22.8. The fourth-order valence-corrected chi connectivity index (χ4v) is 5.16. The van der Waals surface area contributed by atoms with Gasteiger partial charge >= 0.3 is 5.69 Å². The fraction of sp³-hybridized carbons (Fsp3) is 0.440. The van der Waals surface area contributed by atoms with Crippen LogP contribution in [0.15, 0.2) is 47.4 Å². The van der Waals surface area contributed by atoms with Gasteiger partial charge in [-0.25, -0.2) is 9.78 Å². The summed E-state index contributed by atoms with van der Waals surface area (Å²) >= 11 is 0. The molecule has 2 N–H and O–H groups in total. The molecular weight excluding hydrogens is 418 g/mol. The van der Waals surface area contributed by atoms with E-state index < -0.39 is 5.69 Å². The van der Waals surface area contributed by atoms with E-state index in [1.54, 1.807) is 12.1 Å². The maximum atomic E-state index is 12.8. The number of pyridine rings is 1. The molecule has 3 heterocycles. The molecule has 1 saturated carbocycles. The molecule has 0 atom stereocenters. The topological polar surface area (TPSA) is 100 Å². The number of hydrogen-bond acceptors (Lipinski definition) is 6. The maximum Gasteiger partial charge on any atom is 0.384 e. The van der Waals surface area contributed by atoms with Gasteiger partial charge < -0.3 is 15.4 Å². The number of carbonyl (C=O) groups is 1. The molecule has 2 fully saturated rings. The molecule has 0 spiro atoms. The monoisotopic (exact) mass is 447 g/mol. The van der Waals surface area contributed by atoms with Crippen LogP contribution in [0.4, 0.5) is 11.5 Å². The fourth-order valence-electron chi connectivity index (χ4n) is 5.16. The van der Waals surface area contributed by atoms with Gasteiger partial charge in [-0.2, -0.15) is 4.98 Å². The van der Waals surface area contributed by atoms with Crippen molar-refractivity contribution < 1.29 is 10.0 Å². The summed E-state index contributed by atoms with van der Waals surface area (Å²) in [5.74, 6) is 1.41. The number of nitrogens with zero attached hydrogens (tertiary/aromatic N) is 4. The summed E-state index contributed by atoms with van der Waals surface area (Å²) in [6.07, 6.45) is 9.24. The standard InChI is InChI=1S/C25H29N5O3/c31-24(19-5-2-1-3-6-19)29-15-12-18(13-16-29)17-8-10-20(11-9-17)27-22-21-7-4-14-26-23(21)30(33)25(32)28-22/h4,7-11,14,18-19,33H,1-3,5-6,12-13,15-16H2,(H,27,28,32). The minimum absolute atomic E-state index is 0.158. The van der Waals surface area contributed by atoms with Gasteiger partial charge in [0.2, 0.25) is 5.91 Å². The summed E-state index contributed by atoms with van der Waals surface area (Å²) in [5, 5.41) is 13.6. The molecule has 8 heteroatoms. The average molecular weight is 448 g/mol. The highest BCUT2D eigenvalue weighted by Crippen LogP contribution is 2.32. The SMILES string of the molecule is O=C(C1CCCCC1)N1CCC(c2ccc(Nc3nc(=O)n(O)c4ncccc34)cc2)CC1. The molecule has 1 amide bonds. The number of hydrogen-bond donors (Lipinski definition) is 2. The molecule has 2 aromatic heterocycles. The van der Waals surface area contributed by atoms with Crippen molar-refractivity contribution in [2.75, 3.05) is 18.4 Å². The second kappa shape index (κ2) is 9.21. The van der Waals surface area contributed by atoms with Gasteiger partial charge in [0.15, 0.2) is 5.65 Å². The Balaban J connectivity index is 1.24. The summed E-state index contributed by atoms with van der Waals surface area (Å²) < 4.78 is 0.453. The molecule has 0 bridgehead atoms. The number of aromatic nitrogens is 3. The highest BCUT2D eigenvalue weighted by atomic mass is 16.5. The number of likely N-dealkylation sites (tertiary alicyclic amines) is 1. The normalized spacial score (nSPS) is 17.9. The van der Waals surface area contributed by atoms with E-state index in [2.05, 4.69) is 32.3 Å². The number of carbonyl (C=O) groups excluding carboxylic acids is 1. The van der Waals surface area contributed by atoms with E-state index in [1.165, 1.54) is 31.0 Å². The molecule has 1 aliphatic carbocycles. The first kappa shape index (κ1) is 21.4. The largest absolute Gasteiger partial charge is 0.422 e. The van der Waals surface area contributed by atoms with Gasteiger partial charge in [-0.1, -0.05) is 31.4 Å². The second-order valence-corrected chi connectivity index (χ2v) is 9.11. The Hall–Kier alpha value is -3.42. The van der Waals surface area contributed by atoms with Gasteiger partial charge in [-0.15, -0.1) is 4.73 Å². The highest BCUT2D eigenvalue weighted by Gasteiger charge is 2.29. The molecule has 0 radical (unpaired) electrons. The number of piperidine rings is 1. The number of benzene rings is 1. The molecular formula is C25H29N5O3. The number of amides is 1. The van der Waals surface area contributed by atoms with Gasteiger partial charge in [0, 0.05) is 30.9 Å². The molecule has 33 heavy (non-hydrogen) atoms. The van der Waals surface area contributed by atoms with Crippen molar-refractivity contribution >= 4 is 28.4 Å². The van der Waals surface area contributed by atoms with Gasteiger partial charge in [-0.05, 0) is 61.4 Å². The Bertz CT molecular complexity index is 1190. The van der Waals surface area contributed by atoms with Crippen LogP contribution in [-0.2, 0) is 4.79 Å².